The predicted octanol–water partition coefficient (Wildman–Crippen LogP) is 4.07. The number of halogens is 2. The van der Waals surface area contributed by atoms with Gasteiger partial charge in [0, 0.05) is 4.47 Å². The highest BCUT2D eigenvalue weighted by atomic mass is 79.9. The minimum atomic E-state index is -0.824. The molecule has 0 aliphatic rings. The summed E-state index contributed by atoms with van der Waals surface area (Å²) >= 11 is 3.26. The van der Waals surface area contributed by atoms with Gasteiger partial charge in [-0.1, -0.05) is 34.1 Å². The van der Waals surface area contributed by atoms with E-state index >= 15 is 0 Å². The van der Waals surface area contributed by atoms with E-state index in [2.05, 4.69) is 15.9 Å². The fraction of sp³-hybridized carbons (Fsp3) is 0.200. The van der Waals surface area contributed by atoms with Crippen LogP contribution in [0.2, 0.25) is 0 Å². The Morgan fingerprint density at radius 2 is 2.05 bits per heavy atom. The Morgan fingerprint density at radius 1 is 1.26 bits per heavy atom. The minimum absolute atomic E-state index is 0.342. The standard InChI is InChI=1S/C15H14BrFO2/c1-2-19-12-5-3-4-10(8-12)15(18)13-7-6-11(17)9-14(13)16/h3-9,15,18H,2H2,1H3. The number of hydrogen-bond acceptors (Lipinski definition) is 2. The number of aliphatic hydroxyl groups excluding tert-OH is 1. The van der Waals surface area contributed by atoms with Gasteiger partial charge in [-0.25, -0.2) is 4.39 Å². The number of ether oxygens (including phenoxy) is 1. The first-order valence-electron chi connectivity index (χ1n) is 5.97. The van der Waals surface area contributed by atoms with Gasteiger partial charge in [-0.05, 0) is 42.3 Å². The molecule has 0 saturated carbocycles. The van der Waals surface area contributed by atoms with E-state index in [1.165, 1.54) is 12.1 Å². The Labute approximate surface area is 120 Å². The molecule has 0 aliphatic carbocycles. The second-order valence-corrected chi connectivity index (χ2v) is 4.93. The molecule has 100 valence electrons. The molecule has 0 aromatic heterocycles. The summed E-state index contributed by atoms with van der Waals surface area (Å²) in [5, 5.41) is 10.3. The third kappa shape index (κ3) is 3.33. The lowest BCUT2D eigenvalue weighted by Crippen LogP contribution is -2.02. The van der Waals surface area contributed by atoms with Crippen molar-refractivity contribution >= 4 is 15.9 Å². The van der Waals surface area contributed by atoms with Gasteiger partial charge in [-0.3, -0.25) is 0 Å². The number of rotatable bonds is 4. The molecule has 2 nitrogen and oxygen atoms in total. The molecule has 2 aromatic rings. The quantitative estimate of drug-likeness (QED) is 0.918. The van der Waals surface area contributed by atoms with E-state index in [1.54, 1.807) is 12.1 Å². The lowest BCUT2D eigenvalue weighted by atomic mass is 10.0. The second-order valence-electron chi connectivity index (χ2n) is 4.07. The van der Waals surface area contributed by atoms with Gasteiger partial charge in [0.2, 0.25) is 0 Å². The molecule has 2 aromatic carbocycles. The molecule has 4 heteroatoms. The molecule has 19 heavy (non-hydrogen) atoms. The maximum Gasteiger partial charge on any atom is 0.124 e. The van der Waals surface area contributed by atoms with Crippen LogP contribution in [0.15, 0.2) is 46.9 Å². The number of hydrogen-bond donors (Lipinski definition) is 1. The van der Waals surface area contributed by atoms with Gasteiger partial charge in [0.1, 0.15) is 17.7 Å². The summed E-state index contributed by atoms with van der Waals surface area (Å²) in [6, 6.07) is 11.5. The van der Waals surface area contributed by atoms with Gasteiger partial charge >= 0.3 is 0 Å². The van der Waals surface area contributed by atoms with Crippen LogP contribution < -0.4 is 4.74 Å². The Morgan fingerprint density at radius 3 is 2.74 bits per heavy atom. The molecule has 2 rings (SSSR count). The van der Waals surface area contributed by atoms with Gasteiger partial charge in [0.15, 0.2) is 0 Å². The van der Waals surface area contributed by atoms with Crippen molar-refractivity contribution in [2.75, 3.05) is 6.61 Å². The monoisotopic (exact) mass is 324 g/mol. The summed E-state index contributed by atoms with van der Waals surface area (Å²) in [5.41, 5.74) is 1.33. The van der Waals surface area contributed by atoms with Crippen molar-refractivity contribution in [2.45, 2.75) is 13.0 Å². The van der Waals surface area contributed by atoms with E-state index in [9.17, 15) is 9.50 Å². The summed E-state index contributed by atoms with van der Waals surface area (Å²) in [5.74, 6) is 0.364. The van der Waals surface area contributed by atoms with Crippen LogP contribution >= 0.6 is 15.9 Å². The van der Waals surface area contributed by atoms with Crippen molar-refractivity contribution in [3.8, 4) is 5.75 Å². The Balaban J connectivity index is 2.32. The molecule has 0 heterocycles. The van der Waals surface area contributed by atoms with Crippen LogP contribution in [0.5, 0.6) is 5.75 Å². The first kappa shape index (κ1) is 14.0. The lowest BCUT2D eigenvalue weighted by molar-refractivity contribution is 0.218. The molecule has 0 aliphatic heterocycles. The van der Waals surface area contributed by atoms with Crippen LogP contribution in [0.3, 0.4) is 0 Å². The van der Waals surface area contributed by atoms with Crippen molar-refractivity contribution in [2.24, 2.45) is 0 Å². The first-order chi connectivity index (χ1) is 9.11. The topological polar surface area (TPSA) is 29.5 Å². The molecule has 1 atom stereocenters. The molecule has 1 N–H and O–H groups in total. The Kier molecular flexibility index (Phi) is 4.56. The van der Waals surface area contributed by atoms with E-state index in [4.69, 9.17) is 4.74 Å². The summed E-state index contributed by atoms with van der Waals surface area (Å²) in [6.07, 6.45) is -0.824. The maximum atomic E-state index is 13.0. The first-order valence-corrected chi connectivity index (χ1v) is 6.77. The van der Waals surface area contributed by atoms with Gasteiger partial charge in [-0.2, -0.15) is 0 Å². The summed E-state index contributed by atoms with van der Waals surface area (Å²) < 4.78 is 19.0. The SMILES string of the molecule is CCOc1cccc(C(O)c2ccc(F)cc2Br)c1. The van der Waals surface area contributed by atoms with Gasteiger partial charge < -0.3 is 9.84 Å². The average molecular weight is 325 g/mol. The molecular formula is C15H14BrFO2. The van der Waals surface area contributed by atoms with Crippen LogP contribution in [0.1, 0.15) is 24.2 Å². The largest absolute Gasteiger partial charge is 0.494 e. The minimum Gasteiger partial charge on any atom is -0.494 e. The molecule has 0 spiro atoms. The Bertz CT molecular complexity index is 572. The highest BCUT2D eigenvalue weighted by molar-refractivity contribution is 9.10. The summed E-state index contributed by atoms with van der Waals surface area (Å²) in [6.45, 7) is 2.47. The second kappa shape index (κ2) is 6.17. The highest BCUT2D eigenvalue weighted by Crippen LogP contribution is 2.30. The number of benzene rings is 2. The number of aliphatic hydroxyl groups is 1. The van der Waals surface area contributed by atoms with E-state index < -0.39 is 6.10 Å². The average Bonchev–Trinajstić information content (AvgIpc) is 2.39. The highest BCUT2D eigenvalue weighted by Gasteiger charge is 2.14. The third-order valence-corrected chi connectivity index (χ3v) is 3.43. The third-order valence-electron chi connectivity index (χ3n) is 2.74. The fourth-order valence-electron chi connectivity index (χ4n) is 1.84. The fourth-order valence-corrected chi connectivity index (χ4v) is 2.41. The van der Waals surface area contributed by atoms with E-state index in [-0.39, 0.29) is 5.82 Å². The predicted molar refractivity (Wildman–Crippen MR) is 75.8 cm³/mol. The molecule has 0 fully saturated rings. The van der Waals surface area contributed by atoms with Crippen LogP contribution in [-0.4, -0.2) is 11.7 Å². The molecular weight excluding hydrogens is 311 g/mol. The lowest BCUT2D eigenvalue weighted by Gasteiger charge is -2.14. The van der Waals surface area contributed by atoms with Crippen LogP contribution in [0, 0.1) is 5.82 Å². The summed E-state index contributed by atoms with van der Waals surface area (Å²) in [7, 11) is 0. The molecule has 0 radical (unpaired) electrons. The molecule has 0 saturated heterocycles. The van der Waals surface area contributed by atoms with Crippen LogP contribution in [0.25, 0.3) is 0 Å². The molecule has 1 unspecified atom stereocenters. The molecule has 0 bridgehead atoms. The van der Waals surface area contributed by atoms with Gasteiger partial charge in [0.05, 0.1) is 6.61 Å². The smallest absolute Gasteiger partial charge is 0.124 e. The zero-order chi connectivity index (χ0) is 13.8. The zero-order valence-electron chi connectivity index (χ0n) is 10.4. The van der Waals surface area contributed by atoms with E-state index in [1.807, 2.05) is 25.1 Å². The molecule has 0 amide bonds. The van der Waals surface area contributed by atoms with Crippen molar-refractivity contribution < 1.29 is 14.2 Å². The van der Waals surface area contributed by atoms with Crippen LogP contribution in [-0.2, 0) is 0 Å². The Hall–Kier alpha value is -1.39. The zero-order valence-corrected chi connectivity index (χ0v) is 12.0. The summed E-state index contributed by atoms with van der Waals surface area (Å²) in [4.78, 5) is 0. The van der Waals surface area contributed by atoms with E-state index in [0.29, 0.717) is 28.0 Å². The van der Waals surface area contributed by atoms with E-state index in [0.717, 1.165) is 0 Å². The van der Waals surface area contributed by atoms with Crippen molar-refractivity contribution in [3.63, 3.8) is 0 Å². The maximum absolute atomic E-state index is 13.0. The van der Waals surface area contributed by atoms with Gasteiger partial charge in [-0.15, -0.1) is 0 Å². The normalized spacial score (nSPS) is 12.2. The van der Waals surface area contributed by atoms with Crippen LogP contribution in [0.4, 0.5) is 4.39 Å². The van der Waals surface area contributed by atoms with Crippen molar-refractivity contribution in [3.05, 3.63) is 63.9 Å². The van der Waals surface area contributed by atoms with Crippen molar-refractivity contribution in [1.29, 1.82) is 0 Å². The van der Waals surface area contributed by atoms with Crippen molar-refractivity contribution in [1.82, 2.24) is 0 Å². The van der Waals surface area contributed by atoms with Gasteiger partial charge in [0.25, 0.3) is 0 Å².